The third kappa shape index (κ3) is 3.42. The molecule has 2 aromatic rings. The molecular weight excluding hydrogens is 242 g/mol. The summed E-state index contributed by atoms with van der Waals surface area (Å²) in [6, 6.07) is 18.0. The molecule has 0 unspecified atom stereocenters. The van der Waals surface area contributed by atoms with E-state index in [0.29, 0.717) is 5.56 Å². The maximum atomic E-state index is 12.2. The Hall–Kier alpha value is -2.62. The van der Waals surface area contributed by atoms with Crippen LogP contribution in [0.2, 0.25) is 0 Å². The first-order valence-electron chi connectivity index (χ1n) is 5.82. The largest absolute Gasteiger partial charge is 0.341 e. The second kappa shape index (κ2) is 6.35. The molecular formula is C15H13NO3. The van der Waals surface area contributed by atoms with Crippen LogP contribution in [0.3, 0.4) is 0 Å². The van der Waals surface area contributed by atoms with Crippen molar-refractivity contribution < 1.29 is 14.4 Å². The predicted molar refractivity (Wildman–Crippen MR) is 69.9 cm³/mol. The van der Waals surface area contributed by atoms with Crippen LogP contribution in [0.1, 0.15) is 15.9 Å². The standard InChI is InChI=1S/C15H13NO3/c17-12-19-16(11-13-7-3-1-4-8-13)15(18)14-9-5-2-6-10-14/h1-10,12H,11H2. The summed E-state index contributed by atoms with van der Waals surface area (Å²) in [5.74, 6) is -0.350. The van der Waals surface area contributed by atoms with Crippen molar-refractivity contribution in [2.75, 3.05) is 0 Å². The highest BCUT2D eigenvalue weighted by Crippen LogP contribution is 2.10. The Bertz CT molecular complexity index is 540. The Morgan fingerprint density at radius 1 is 1.00 bits per heavy atom. The Balaban J connectivity index is 2.16. The van der Waals surface area contributed by atoms with Gasteiger partial charge in [0.1, 0.15) is 0 Å². The second-order valence-electron chi connectivity index (χ2n) is 3.90. The van der Waals surface area contributed by atoms with E-state index in [1.54, 1.807) is 24.3 Å². The maximum Gasteiger partial charge on any atom is 0.320 e. The van der Waals surface area contributed by atoms with Gasteiger partial charge in [-0.15, -0.1) is 0 Å². The molecule has 4 heteroatoms. The van der Waals surface area contributed by atoms with Gasteiger partial charge in [0, 0.05) is 5.56 Å². The van der Waals surface area contributed by atoms with Crippen LogP contribution in [0.25, 0.3) is 0 Å². The lowest BCUT2D eigenvalue weighted by atomic mass is 10.2. The molecule has 0 aliphatic rings. The number of amides is 1. The zero-order valence-electron chi connectivity index (χ0n) is 10.2. The molecule has 1 amide bonds. The van der Waals surface area contributed by atoms with E-state index < -0.39 is 0 Å². The topological polar surface area (TPSA) is 46.6 Å². The number of carbonyl (C=O) groups excluding carboxylic acids is 2. The number of hydrogen-bond acceptors (Lipinski definition) is 3. The first-order chi connectivity index (χ1) is 9.31. The minimum Gasteiger partial charge on any atom is -0.341 e. The average Bonchev–Trinajstić information content (AvgIpc) is 2.48. The molecule has 0 atom stereocenters. The maximum absolute atomic E-state index is 12.2. The number of carbonyl (C=O) groups is 2. The molecule has 96 valence electrons. The van der Waals surface area contributed by atoms with Crippen molar-refractivity contribution in [1.82, 2.24) is 5.06 Å². The van der Waals surface area contributed by atoms with E-state index in [1.165, 1.54) is 0 Å². The number of rotatable bonds is 5. The normalized spacial score (nSPS) is 9.68. The molecule has 0 fully saturated rings. The van der Waals surface area contributed by atoms with Crippen LogP contribution in [-0.2, 0) is 16.2 Å². The minimum absolute atomic E-state index is 0.216. The van der Waals surface area contributed by atoms with Gasteiger partial charge in [0.15, 0.2) is 0 Å². The summed E-state index contributed by atoms with van der Waals surface area (Å²) in [4.78, 5) is 27.5. The molecule has 0 aromatic heterocycles. The summed E-state index contributed by atoms with van der Waals surface area (Å²) < 4.78 is 0. The molecule has 0 radical (unpaired) electrons. The average molecular weight is 255 g/mol. The van der Waals surface area contributed by atoms with Gasteiger partial charge in [0.2, 0.25) is 0 Å². The van der Waals surface area contributed by atoms with Crippen LogP contribution in [0.4, 0.5) is 0 Å². The molecule has 0 N–H and O–H groups in total. The molecule has 19 heavy (non-hydrogen) atoms. The van der Waals surface area contributed by atoms with Crippen LogP contribution in [0, 0.1) is 0 Å². The van der Waals surface area contributed by atoms with Gasteiger partial charge in [-0.3, -0.25) is 9.59 Å². The van der Waals surface area contributed by atoms with Gasteiger partial charge in [-0.05, 0) is 17.7 Å². The van der Waals surface area contributed by atoms with Crippen molar-refractivity contribution in [3.8, 4) is 0 Å². The molecule has 2 rings (SSSR count). The summed E-state index contributed by atoms with van der Waals surface area (Å²) >= 11 is 0. The van der Waals surface area contributed by atoms with Crippen molar-refractivity contribution in [1.29, 1.82) is 0 Å². The molecule has 0 saturated carbocycles. The van der Waals surface area contributed by atoms with Gasteiger partial charge in [0.25, 0.3) is 5.91 Å². The molecule has 4 nitrogen and oxygen atoms in total. The van der Waals surface area contributed by atoms with Crippen molar-refractivity contribution in [2.24, 2.45) is 0 Å². The Morgan fingerprint density at radius 3 is 2.16 bits per heavy atom. The van der Waals surface area contributed by atoms with Crippen LogP contribution < -0.4 is 0 Å². The van der Waals surface area contributed by atoms with E-state index in [0.717, 1.165) is 10.6 Å². The predicted octanol–water partition coefficient (Wildman–Crippen LogP) is 2.42. The van der Waals surface area contributed by atoms with E-state index in [-0.39, 0.29) is 18.9 Å². The Labute approximate surface area is 111 Å². The fourth-order valence-electron chi connectivity index (χ4n) is 1.68. The van der Waals surface area contributed by atoms with Gasteiger partial charge in [0.05, 0.1) is 6.54 Å². The van der Waals surface area contributed by atoms with E-state index >= 15 is 0 Å². The van der Waals surface area contributed by atoms with Crippen LogP contribution in [0.5, 0.6) is 0 Å². The van der Waals surface area contributed by atoms with Crippen LogP contribution >= 0.6 is 0 Å². The van der Waals surface area contributed by atoms with Gasteiger partial charge < -0.3 is 4.84 Å². The lowest BCUT2D eigenvalue weighted by Crippen LogP contribution is -2.30. The first kappa shape index (κ1) is 12.8. The van der Waals surface area contributed by atoms with Crippen molar-refractivity contribution >= 4 is 12.4 Å². The van der Waals surface area contributed by atoms with Gasteiger partial charge >= 0.3 is 6.47 Å². The van der Waals surface area contributed by atoms with Crippen molar-refractivity contribution in [2.45, 2.75) is 6.54 Å². The Morgan fingerprint density at radius 2 is 1.58 bits per heavy atom. The number of hydroxylamine groups is 2. The van der Waals surface area contributed by atoms with E-state index in [4.69, 9.17) is 4.84 Å². The SMILES string of the molecule is O=CON(Cc1ccccc1)C(=O)c1ccccc1. The van der Waals surface area contributed by atoms with Crippen LogP contribution in [0.15, 0.2) is 60.7 Å². The second-order valence-corrected chi connectivity index (χ2v) is 3.90. The van der Waals surface area contributed by atoms with Crippen LogP contribution in [-0.4, -0.2) is 17.4 Å². The molecule has 2 aromatic carbocycles. The fourth-order valence-corrected chi connectivity index (χ4v) is 1.68. The smallest absolute Gasteiger partial charge is 0.320 e. The number of nitrogens with zero attached hydrogens (tertiary/aromatic N) is 1. The summed E-state index contributed by atoms with van der Waals surface area (Å²) in [7, 11) is 0. The summed E-state index contributed by atoms with van der Waals surface area (Å²) in [5, 5.41) is 1.04. The molecule has 0 aliphatic carbocycles. The third-order valence-electron chi connectivity index (χ3n) is 2.59. The van der Waals surface area contributed by atoms with Gasteiger partial charge in [-0.1, -0.05) is 48.5 Å². The molecule has 0 heterocycles. The van der Waals surface area contributed by atoms with Crippen molar-refractivity contribution in [3.63, 3.8) is 0 Å². The summed E-state index contributed by atoms with van der Waals surface area (Å²) in [6.45, 7) is 0.469. The summed E-state index contributed by atoms with van der Waals surface area (Å²) in [5.41, 5.74) is 1.36. The molecule has 0 saturated heterocycles. The zero-order chi connectivity index (χ0) is 13.5. The minimum atomic E-state index is -0.350. The quantitative estimate of drug-likeness (QED) is 0.609. The highest BCUT2D eigenvalue weighted by Gasteiger charge is 2.17. The van der Waals surface area contributed by atoms with Gasteiger partial charge in [-0.2, -0.15) is 5.06 Å². The highest BCUT2D eigenvalue weighted by atomic mass is 16.7. The Kier molecular flexibility index (Phi) is 4.29. The van der Waals surface area contributed by atoms with E-state index in [2.05, 4.69) is 0 Å². The third-order valence-corrected chi connectivity index (χ3v) is 2.59. The molecule has 0 bridgehead atoms. The highest BCUT2D eigenvalue weighted by molar-refractivity contribution is 5.93. The van der Waals surface area contributed by atoms with Crippen molar-refractivity contribution in [3.05, 3.63) is 71.8 Å². The van der Waals surface area contributed by atoms with Gasteiger partial charge in [-0.25, -0.2) is 0 Å². The van der Waals surface area contributed by atoms with E-state index in [1.807, 2.05) is 36.4 Å². The fraction of sp³-hybridized carbons (Fsp3) is 0.0667. The summed E-state index contributed by atoms with van der Waals surface area (Å²) in [6.07, 6.45) is 0. The lowest BCUT2D eigenvalue weighted by Gasteiger charge is -2.18. The zero-order valence-corrected chi connectivity index (χ0v) is 10.2. The molecule has 0 aliphatic heterocycles. The molecule has 0 spiro atoms. The lowest BCUT2D eigenvalue weighted by molar-refractivity contribution is -0.163. The number of benzene rings is 2. The number of hydrogen-bond donors (Lipinski definition) is 0. The monoisotopic (exact) mass is 255 g/mol. The van der Waals surface area contributed by atoms with E-state index in [9.17, 15) is 9.59 Å². The first-order valence-corrected chi connectivity index (χ1v) is 5.82.